The van der Waals surface area contributed by atoms with Crippen LogP contribution >= 0.6 is 0 Å². The Labute approximate surface area is 179 Å². The number of aromatic nitrogens is 1. The van der Waals surface area contributed by atoms with Gasteiger partial charge in [0.25, 0.3) is 0 Å². The maximum Gasteiger partial charge on any atom is 0.232 e. The molecule has 0 unspecified atom stereocenters. The van der Waals surface area contributed by atoms with Gasteiger partial charge in [0.05, 0.1) is 17.0 Å². The highest BCUT2D eigenvalue weighted by molar-refractivity contribution is 7.92. The van der Waals surface area contributed by atoms with Crippen LogP contribution in [0.4, 0.5) is 26.0 Å². The van der Waals surface area contributed by atoms with E-state index in [1.54, 1.807) is 19.1 Å². The Hall–Kier alpha value is -3.33. The molecule has 1 heterocycles. The highest BCUT2D eigenvalue weighted by atomic mass is 32.2. The molecule has 1 aromatic heterocycles. The number of hydrogen-bond acceptors (Lipinski definition) is 5. The predicted octanol–water partition coefficient (Wildman–Crippen LogP) is 4.68. The van der Waals surface area contributed by atoms with E-state index < -0.39 is 38.7 Å². The standard InChI is InChI=1S/C22H21F2N3O3S/c1-2-12-31(29,30)27-18-10-9-17(23)21(22(18)24)19(28)13-15-8-11-20(25-14-15)26-16-6-4-3-5-7-16/h3-11,14,27H,2,12-13H2,1H3,(H,25,26). The zero-order valence-corrected chi connectivity index (χ0v) is 17.5. The van der Waals surface area contributed by atoms with Crippen LogP contribution in [0.1, 0.15) is 29.3 Å². The number of nitrogens with zero attached hydrogens (tertiary/aromatic N) is 1. The molecule has 9 heteroatoms. The number of benzene rings is 2. The van der Waals surface area contributed by atoms with Crippen molar-refractivity contribution < 1.29 is 22.0 Å². The third kappa shape index (κ3) is 5.85. The molecule has 0 aliphatic heterocycles. The number of hydrogen-bond donors (Lipinski definition) is 2. The Balaban J connectivity index is 1.76. The monoisotopic (exact) mass is 445 g/mol. The SMILES string of the molecule is CCCS(=O)(=O)Nc1ccc(F)c(C(=O)Cc2ccc(Nc3ccccc3)nc2)c1F. The second-order valence-corrected chi connectivity index (χ2v) is 8.69. The third-order valence-corrected chi connectivity index (χ3v) is 5.82. The van der Waals surface area contributed by atoms with E-state index in [1.807, 2.05) is 30.3 Å². The van der Waals surface area contributed by atoms with E-state index in [-0.39, 0.29) is 12.2 Å². The predicted molar refractivity (Wildman–Crippen MR) is 116 cm³/mol. The topological polar surface area (TPSA) is 88.2 Å². The fraction of sp³-hybridized carbons (Fsp3) is 0.182. The van der Waals surface area contributed by atoms with E-state index >= 15 is 0 Å². The van der Waals surface area contributed by atoms with Gasteiger partial charge in [0.15, 0.2) is 11.6 Å². The highest BCUT2D eigenvalue weighted by Crippen LogP contribution is 2.24. The summed E-state index contributed by atoms with van der Waals surface area (Å²) < 4.78 is 54.8. The van der Waals surface area contributed by atoms with Gasteiger partial charge < -0.3 is 5.32 Å². The van der Waals surface area contributed by atoms with Crippen LogP contribution in [0.2, 0.25) is 0 Å². The van der Waals surface area contributed by atoms with E-state index in [9.17, 15) is 22.0 Å². The van der Waals surface area contributed by atoms with Crippen molar-refractivity contribution in [2.24, 2.45) is 0 Å². The fourth-order valence-electron chi connectivity index (χ4n) is 2.92. The van der Waals surface area contributed by atoms with E-state index in [0.29, 0.717) is 17.8 Å². The van der Waals surface area contributed by atoms with Crippen LogP contribution in [0.3, 0.4) is 0 Å². The van der Waals surface area contributed by atoms with Gasteiger partial charge in [-0.05, 0) is 42.3 Å². The smallest absolute Gasteiger partial charge is 0.232 e. The van der Waals surface area contributed by atoms with Crippen LogP contribution in [0.25, 0.3) is 0 Å². The molecule has 0 saturated heterocycles. The second kappa shape index (κ2) is 9.65. The molecule has 6 nitrogen and oxygen atoms in total. The minimum atomic E-state index is -3.79. The van der Waals surface area contributed by atoms with Crippen molar-refractivity contribution in [3.63, 3.8) is 0 Å². The molecule has 0 aliphatic carbocycles. The lowest BCUT2D eigenvalue weighted by Gasteiger charge is -2.12. The lowest BCUT2D eigenvalue weighted by atomic mass is 10.0. The number of ketones is 1. The molecule has 3 aromatic rings. The molecule has 2 aromatic carbocycles. The molecular formula is C22H21F2N3O3S. The number of nitrogens with one attached hydrogen (secondary N) is 2. The number of sulfonamides is 1. The lowest BCUT2D eigenvalue weighted by molar-refractivity contribution is 0.0985. The average Bonchev–Trinajstić information content (AvgIpc) is 2.72. The van der Waals surface area contributed by atoms with Gasteiger partial charge in [0, 0.05) is 18.3 Å². The number of anilines is 3. The van der Waals surface area contributed by atoms with Crippen molar-refractivity contribution >= 4 is 33.0 Å². The Morgan fingerprint density at radius 1 is 1.03 bits per heavy atom. The van der Waals surface area contributed by atoms with E-state index in [0.717, 1.165) is 17.8 Å². The van der Waals surface area contributed by atoms with Crippen molar-refractivity contribution in [3.05, 3.63) is 83.6 Å². The largest absolute Gasteiger partial charge is 0.340 e. The zero-order valence-electron chi connectivity index (χ0n) is 16.7. The molecule has 0 fully saturated rings. The Morgan fingerprint density at radius 3 is 2.42 bits per heavy atom. The van der Waals surface area contributed by atoms with Crippen molar-refractivity contribution in [3.8, 4) is 0 Å². The molecule has 0 bridgehead atoms. The first-order valence-corrected chi connectivity index (χ1v) is 11.2. The number of rotatable bonds is 9. The normalized spacial score (nSPS) is 11.2. The van der Waals surface area contributed by atoms with Gasteiger partial charge >= 0.3 is 0 Å². The van der Waals surface area contributed by atoms with Crippen LogP contribution in [0.5, 0.6) is 0 Å². The molecule has 0 amide bonds. The number of Topliss-reactive ketones (excluding diaryl/α,β-unsaturated/α-hetero) is 1. The van der Waals surface area contributed by atoms with Gasteiger partial charge in [-0.15, -0.1) is 0 Å². The first-order chi connectivity index (χ1) is 14.8. The number of carbonyl (C=O) groups is 1. The molecule has 162 valence electrons. The summed E-state index contributed by atoms with van der Waals surface area (Å²) in [6, 6.07) is 14.5. The van der Waals surface area contributed by atoms with Crippen LogP contribution in [-0.4, -0.2) is 24.9 Å². The van der Waals surface area contributed by atoms with Crippen molar-refractivity contribution in [1.29, 1.82) is 0 Å². The molecule has 0 radical (unpaired) electrons. The lowest BCUT2D eigenvalue weighted by Crippen LogP contribution is -2.19. The fourth-order valence-corrected chi connectivity index (χ4v) is 4.05. The first-order valence-electron chi connectivity index (χ1n) is 9.57. The minimum Gasteiger partial charge on any atom is -0.340 e. The number of halogens is 2. The third-order valence-electron chi connectivity index (χ3n) is 4.34. The Kier molecular flexibility index (Phi) is 6.96. The van der Waals surface area contributed by atoms with E-state index in [4.69, 9.17) is 0 Å². The summed E-state index contributed by atoms with van der Waals surface area (Å²) in [5, 5.41) is 3.09. The van der Waals surface area contributed by atoms with Gasteiger partial charge in [0.2, 0.25) is 10.0 Å². The molecule has 0 saturated carbocycles. The number of carbonyl (C=O) groups excluding carboxylic acids is 1. The van der Waals surface area contributed by atoms with Gasteiger partial charge in [-0.2, -0.15) is 0 Å². The average molecular weight is 445 g/mol. The zero-order chi connectivity index (χ0) is 22.4. The van der Waals surface area contributed by atoms with Gasteiger partial charge in [-0.25, -0.2) is 22.2 Å². The summed E-state index contributed by atoms with van der Waals surface area (Å²) >= 11 is 0. The van der Waals surface area contributed by atoms with E-state index in [1.165, 1.54) is 6.20 Å². The maximum atomic E-state index is 14.8. The first kappa shape index (κ1) is 22.4. The van der Waals surface area contributed by atoms with Crippen molar-refractivity contribution in [2.75, 3.05) is 15.8 Å². The summed E-state index contributed by atoms with van der Waals surface area (Å²) in [5.74, 6) is -2.79. The summed E-state index contributed by atoms with van der Waals surface area (Å²) in [6.45, 7) is 1.66. The molecule has 3 rings (SSSR count). The van der Waals surface area contributed by atoms with Crippen LogP contribution < -0.4 is 10.0 Å². The number of pyridine rings is 1. The van der Waals surface area contributed by atoms with Crippen molar-refractivity contribution in [2.45, 2.75) is 19.8 Å². The summed E-state index contributed by atoms with van der Waals surface area (Å²) in [6.07, 6.45) is 1.47. The quantitative estimate of drug-likeness (QED) is 0.467. The molecule has 0 spiro atoms. The molecule has 2 N–H and O–H groups in total. The highest BCUT2D eigenvalue weighted by Gasteiger charge is 2.23. The van der Waals surface area contributed by atoms with Gasteiger partial charge in [-0.3, -0.25) is 9.52 Å². The summed E-state index contributed by atoms with van der Waals surface area (Å²) in [4.78, 5) is 16.8. The van der Waals surface area contributed by atoms with Gasteiger partial charge in [-0.1, -0.05) is 31.2 Å². The Bertz CT molecular complexity index is 1170. The minimum absolute atomic E-state index is 0.220. The van der Waals surface area contributed by atoms with Gasteiger partial charge in [0.1, 0.15) is 11.6 Å². The number of para-hydroxylation sites is 1. The van der Waals surface area contributed by atoms with Crippen LogP contribution in [0, 0.1) is 11.6 Å². The molecule has 31 heavy (non-hydrogen) atoms. The summed E-state index contributed by atoms with van der Waals surface area (Å²) in [5.41, 5.74) is 0.0478. The molecule has 0 aliphatic rings. The Morgan fingerprint density at radius 2 is 1.77 bits per heavy atom. The molecule has 0 atom stereocenters. The second-order valence-electron chi connectivity index (χ2n) is 6.85. The van der Waals surface area contributed by atoms with Crippen LogP contribution in [0.15, 0.2) is 60.8 Å². The van der Waals surface area contributed by atoms with Crippen molar-refractivity contribution in [1.82, 2.24) is 4.98 Å². The summed E-state index contributed by atoms with van der Waals surface area (Å²) in [7, 11) is -3.79. The van der Waals surface area contributed by atoms with Crippen LogP contribution in [-0.2, 0) is 16.4 Å². The van der Waals surface area contributed by atoms with E-state index in [2.05, 4.69) is 15.0 Å². The maximum absolute atomic E-state index is 14.8. The molecular weight excluding hydrogens is 424 g/mol.